The van der Waals surface area contributed by atoms with Crippen molar-refractivity contribution in [3.63, 3.8) is 0 Å². The van der Waals surface area contributed by atoms with E-state index in [0.29, 0.717) is 31.9 Å². The Morgan fingerprint density at radius 2 is 1.91 bits per heavy atom. The number of benzene rings is 3. The molecule has 1 aromatic heterocycles. The van der Waals surface area contributed by atoms with Crippen LogP contribution in [0.4, 0.5) is 13.2 Å². The van der Waals surface area contributed by atoms with E-state index in [1.807, 2.05) is 0 Å². The number of ether oxygens (including phenoxy) is 2. The standard InChI is InChI=1S/C31H20BrClF3N3O4S/c1-2-42-29(41)25-26(17-7-10-22(33)11-8-17)39-28(40)24(44-30(39)38-27(25)31(34,35)36)14-20-13-21(32)9-12-23(20)43-16-19-6-4-3-5-18(19)15-37/h3-14,26H,2,16H2,1H3/b24-14-/t26-/m0/s1. The van der Waals surface area contributed by atoms with E-state index in [9.17, 15) is 28.0 Å². The molecule has 0 saturated heterocycles. The molecule has 0 aliphatic carbocycles. The Morgan fingerprint density at radius 1 is 1.18 bits per heavy atom. The largest absolute Gasteiger partial charge is 0.488 e. The van der Waals surface area contributed by atoms with Gasteiger partial charge in [-0.1, -0.05) is 69.2 Å². The number of halogens is 5. The monoisotopic (exact) mass is 701 g/mol. The van der Waals surface area contributed by atoms with Gasteiger partial charge in [-0.2, -0.15) is 18.4 Å². The first-order valence-electron chi connectivity index (χ1n) is 13.0. The number of carbonyl (C=O) groups is 1. The molecule has 5 rings (SSSR count). The van der Waals surface area contributed by atoms with E-state index in [4.69, 9.17) is 21.1 Å². The molecular weight excluding hydrogens is 683 g/mol. The van der Waals surface area contributed by atoms with Crippen molar-refractivity contribution in [1.82, 2.24) is 4.57 Å². The minimum atomic E-state index is -5.02. The van der Waals surface area contributed by atoms with Gasteiger partial charge in [0.2, 0.25) is 0 Å². The van der Waals surface area contributed by atoms with Crippen molar-refractivity contribution in [2.75, 3.05) is 6.61 Å². The quantitative estimate of drug-likeness (QED) is 0.214. The van der Waals surface area contributed by atoms with Crippen molar-refractivity contribution in [1.29, 1.82) is 5.26 Å². The average molecular weight is 703 g/mol. The van der Waals surface area contributed by atoms with Crippen LogP contribution in [0.15, 0.2) is 92.3 Å². The summed E-state index contributed by atoms with van der Waals surface area (Å²) in [5.74, 6) is -0.873. The topological polar surface area (TPSA) is 93.7 Å². The van der Waals surface area contributed by atoms with Crippen LogP contribution in [0.1, 0.15) is 35.2 Å². The number of thiazole rings is 1. The van der Waals surface area contributed by atoms with E-state index in [1.54, 1.807) is 42.5 Å². The highest BCUT2D eigenvalue weighted by Crippen LogP contribution is 2.38. The van der Waals surface area contributed by atoms with Crippen LogP contribution >= 0.6 is 38.9 Å². The molecule has 4 aromatic rings. The van der Waals surface area contributed by atoms with Gasteiger partial charge < -0.3 is 9.47 Å². The maximum absolute atomic E-state index is 14.4. The number of aromatic nitrogens is 1. The van der Waals surface area contributed by atoms with E-state index >= 15 is 0 Å². The maximum atomic E-state index is 14.4. The number of allylic oxidation sites excluding steroid dienone is 1. The van der Waals surface area contributed by atoms with Gasteiger partial charge in [0.05, 0.1) is 34.4 Å². The van der Waals surface area contributed by atoms with Gasteiger partial charge in [-0.15, -0.1) is 0 Å². The fraction of sp³-hybridized carbons (Fsp3) is 0.161. The molecule has 0 spiro atoms. The molecule has 0 saturated carbocycles. The van der Waals surface area contributed by atoms with Crippen molar-refractivity contribution in [3.05, 3.63) is 129 Å². The third-order valence-electron chi connectivity index (χ3n) is 6.56. The average Bonchev–Trinajstić information content (AvgIpc) is 3.30. The fourth-order valence-corrected chi connectivity index (χ4v) is 6.11. The number of rotatable bonds is 7. The highest BCUT2D eigenvalue weighted by Gasteiger charge is 2.45. The van der Waals surface area contributed by atoms with Crippen molar-refractivity contribution in [3.8, 4) is 11.8 Å². The van der Waals surface area contributed by atoms with Gasteiger partial charge >= 0.3 is 12.1 Å². The molecule has 0 N–H and O–H groups in total. The third-order valence-corrected chi connectivity index (χ3v) is 8.29. The number of nitrogens with zero attached hydrogens (tertiary/aromatic N) is 3. The number of esters is 1. The van der Waals surface area contributed by atoms with Gasteiger partial charge in [0, 0.05) is 20.6 Å². The van der Waals surface area contributed by atoms with E-state index in [-0.39, 0.29) is 28.1 Å². The van der Waals surface area contributed by atoms with E-state index in [1.165, 1.54) is 37.3 Å². The first-order valence-corrected chi connectivity index (χ1v) is 15.0. The van der Waals surface area contributed by atoms with Crippen LogP contribution < -0.4 is 19.6 Å². The minimum absolute atomic E-state index is 0.0507. The smallest absolute Gasteiger partial charge is 0.434 e. The lowest BCUT2D eigenvalue weighted by Gasteiger charge is -2.26. The lowest BCUT2D eigenvalue weighted by Crippen LogP contribution is -2.41. The van der Waals surface area contributed by atoms with Crippen LogP contribution in [-0.4, -0.2) is 23.3 Å². The summed E-state index contributed by atoms with van der Waals surface area (Å²) in [6.45, 7) is 1.34. The summed E-state index contributed by atoms with van der Waals surface area (Å²) in [7, 11) is 0. The molecule has 0 bridgehead atoms. The van der Waals surface area contributed by atoms with Crippen LogP contribution in [0.25, 0.3) is 6.08 Å². The van der Waals surface area contributed by atoms with E-state index < -0.39 is 35.0 Å². The van der Waals surface area contributed by atoms with Crippen molar-refractivity contribution >= 4 is 50.9 Å². The molecule has 3 aromatic carbocycles. The van der Waals surface area contributed by atoms with Gasteiger partial charge in [-0.05, 0) is 55.0 Å². The van der Waals surface area contributed by atoms with Crippen molar-refractivity contribution in [2.45, 2.75) is 25.7 Å². The lowest BCUT2D eigenvalue weighted by atomic mass is 9.95. The normalized spacial score (nSPS) is 14.9. The summed E-state index contributed by atoms with van der Waals surface area (Å²) in [5, 5.41) is 9.73. The summed E-state index contributed by atoms with van der Waals surface area (Å²) < 4.78 is 55.9. The second-order valence-corrected chi connectivity index (χ2v) is 11.7. The second-order valence-electron chi connectivity index (χ2n) is 9.35. The van der Waals surface area contributed by atoms with Gasteiger partial charge in [-0.3, -0.25) is 9.36 Å². The van der Waals surface area contributed by atoms with Crippen LogP contribution in [0.5, 0.6) is 5.75 Å². The van der Waals surface area contributed by atoms with E-state index in [0.717, 1.165) is 15.9 Å². The van der Waals surface area contributed by atoms with Crippen LogP contribution in [0, 0.1) is 11.3 Å². The second kappa shape index (κ2) is 12.8. The molecule has 13 heteroatoms. The van der Waals surface area contributed by atoms with Gasteiger partial charge in [-0.25, -0.2) is 9.79 Å². The summed E-state index contributed by atoms with van der Waals surface area (Å²) in [5.41, 5.74) is -1.16. The highest BCUT2D eigenvalue weighted by atomic mass is 79.9. The Labute approximate surface area is 265 Å². The van der Waals surface area contributed by atoms with Crippen molar-refractivity contribution < 1.29 is 27.4 Å². The predicted octanol–water partition coefficient (Wildman–Crippen LogP) is 6.21. The SMILES string of the molecule is CCOC(=O)C1=C(C(F)(F)F)N=c2s/c(=C\c3cc(Br)ccc3OCc3ccccc3C#N)c(=O)n2[C@H]1c1ccc(Cl)cc1. The molecule has 1 aliphatic heterocycles. The third kappa shape index (κ3) is 6.36. The summed E-state index contributed by atoms with van der Waals surface area (Å²) in [4.78, 5) is 30.5. The molecule has 2 heterocycles. The van der Waals surface area contributed by atoms with Crippen LogP contribution in [0.2, 0.25) is 5.02 Å². The summed E-state index contributed by atoms with van der Waals surface area (Å²) in [6, 6.07) is 18.5. The van der Waals surface area contributed by atoms with Gasteiger partial charge in [0.15, 0.2) is 10.5 Å². The zero-order valence-corrected chi connectivity index (χ0v) is 25.9. The number of hydrogen-bond acceptors (Lipinski definition) is 7. The summed E-state index contributed by atoms with van der Waals surface area (Å²) >= 11 is 10.2. The number of fused-ring (bicyclic) bond motifs is 1. The molecule has 0 amide bonds. The predicted molar refractivity (Wildman–Crippen MR) is 162 cm³/mol. The Hall–Kier alpha value is -4.18. The molecule has 44 heavy (non-hydrogen) atoms. The molecule has 1 atom stereocenters. The maximum Gasteiger partial charge on any atom is 0.434 e. The highest BCUT2D eigenvalue weighted by molar-refractivity contribution is 9.10. The molecule has 224 valence electrons. The van der Waals surface area contributed by atoms with Gasteiger partial charge in [0.25, 0.3) is 5.56 Å². The molecule has 0 radical (unpaired) electrons. The molecule has 7 nitrogen and oxygen atoms in total. The van der Waals surface area contributed by atoms with Gasteiger partial charge in [0.1, 0.15) is 12.4 Å². The Balaban J connectivity index is 1.69. The first kappa shape index (κ1) is 31.3. The number of hydrogen-bond donors (Lipinski definition) is 0. The molecule has 0 unspecified atom stereocenters. The van der Waals surface area contributed by atoms with E-state index in [2.05, 4.69) is 27.0 Å². The molecular formula is C31H20BrClF3N3O4S. The van der Waals surface area contributed by atoms with Crippen molar-refractivity contribution in [2.24, 2.45) is 4.99 Å². The number of carbonyl (C=O) groups excluding carboxylic acids is 1. The zero-order valence-electron chi connectivity index (χ0n) is 22.7. The van der Waals surface area contributed by atoms with Crippen LogP contribution in [0.3, 0.4) is 0 Å². The van der Waals surface area contributed by atoms with Crippen LogP contribution in [-0.2, 0) is 16.1 Å². The summed E-state index contributed by atoms with van der Waals surface area (Å²) in [6.07, 6.45) is -3.53. The number of nitriles is 1. The number of alkyl halides is 3. The minimum Gasteiger partial charge on any atom is -0.488 e. The molecule has 1 aliphatic rings. The Kier molecular flexibility index (Phi) is 9.10. The Morgan fingerprint density at radius 3 is 2.59 bits per heavy atom. The fourth-order valence-electron chi connectivity index (χ4n) is 4.62. The Bertz CT molecular complexity index is 2010. The first-order chi connectivity index (χ1) is 21.0. The molecule has 0 fully saturated rings. The lowest BCUT2D eigenvalue weighted by molar-refractivity contribution is -0.140. The zero-order chi connectivity index (χ0) is 31.6.